The van der Waals surface area contributed by atoms with Crippen LogP contribution in [-0.2, 0) is 4.74 Å². The largest absolute Gasteiger partial charge is 0.444 e. The number of hydrogen-bond donors (Lipinski definition) is 1. The smallest absolute Gasteiger partial charge is 0.410 e. The van der Waals surface area contributed by atoms with Crippen LogP contribution in [0.2, 0.25) is 0 Å². The average molecular weight is 243 g/mol. The molecule has 0 radical (unpaired) electrons. The van der Waals surface area contributed by atoms with Crippen LogP contribution in [0.1, 0.15) is 47.5 Å². The number of nitrogens with zero attached hydrogens (tertiary/aromatic N) is 1. The van der Waals surface area contributed by atoms with Gasteiger partial charge in [0.15, 0.2) is 0 Å². The van der Waals surface area contributed by atoms with Gasteiger partial charge in [0.1, 0.15) is 5.60 Å². The predicted molar refractivity (Wildman–Crippen MR) is 66.8 cm³/mol. The highest BCUT2D eigenvalue weighted by molar-refractivity contribution is 5.68. The average Bonchev–Trinajstić information content (AvgIpc) is 2.13. The zero-order valence-corrected chi connectivity index (χ0v) is 11.6. The lowest BCUT2D eigenvalue weighted by atomic mass is 9.77. The highest BCUT2D eigenvalue weighted by atomic mass is 16.6. The zero-order valence-electron chi connectivity index (χ0n) is 11.6. The molecule has 0 unspecified atom stereocenters. The van der Waals surface area contributed by atoms with Crippen molar-refractivity contribution >= 4 is 6.09 Å². The van der Waals surface area contributed by atoms with Gasteiger partial charge in [-0.3, -0.25) is 0 Å². The van der Waals surface area contributed by atoms with Gasteiger partial charge in [0, 0.05) is 6.54 Å². The van der Waals surface area contributed by atoms with Crippen molar-refractivity contribution in [3.63, 3.8) is 0 Å². The zero-order chi connectivity index (χ0) is 13.3. The first-order valence-corrected chi connectivity index (χ1v) is 6.28. The summed E-state index contributed by atoms with van der Waals surface area (Å²) in [6.45, 7) is 10.4. The number of amides is 1. The summed E-state index contributed by atoms with van der Waals surface area (Å²) in [6, 6.07) is -0.147. The van der Waals surface area contributed by atoms with E-state index in [0.717, 1.165) is 12.8 Å². The highest BCUT2D eigenvalue weighted by Gasteiger charge is 2.40. The van der Waals surface area contributed by atoms with Crippen molar-refractivity contribution in [3.8, 4) is 0 Å². The van der Waals surface area contributed by atoms with Gasteiger partial charge in [0.2, 0.25) is 0 Å². The maximum Gasteiger partial charge on any atom is 0.410 e. The van der Waals surface area contributed by atoms with Crippen LogP contribution in [-0.4, -0.2) is 40.9 Å². The lowest BCUT2D eigenvalue weighted by molar-refractivity contribution is -0.0302. The van der Waals surface area contributed by atoms with Crippen LogP contribution in [0.4, 0.5) is 4.79 Å². The lowest BCUT2D eigenvalue weighted by Crippen LogP contribution is -2.55. The SMILES string of the molecule is CC(C)(C)OC(=O)N1CCCC(C)(C)[C@@H]1CO. The molecule has 4 heteroatoms. The molecule has 1 rings (SSSR count). The Morgan fingerprint density at radius 2 is 2.06 bits per heavy atom. The van der Waals surface area contributed by atoms with Crippen molar-refractivity contribution in [1.29, 1.82) is 0 Å². The molecule has 0 aromatic carbocycles. The molecule has 1 amide bonds. The summed E-state index contributed by atoms with van der Waals surface area (Å²) in [4.78, 5) is 13.7. The molecule has 1 saturated heterocycles. The molecule has 1 aliphatic rings. The molecule has 1 N–H and O–H groups in total. The Bertz CT molecular complexity index is 281. The minimum atomic E-state index is -0.487. The van der Waals surface area contributed by atoms with Crippen molar-refractivity contribution in [2.75, 3.05) is 13.2 Å². The van der Waals surface area contributed by atoms with Gasteiger partial charge in [-0.2, -0.15) is 0 Å². The molecule has 0 saturated carbocycles. The molecule has 0 spiro atoms. The van der Waals surface area contributed by atoms with Gasteiger partial charge in [-0.15, -0.1) is 0 Å². The van der Waals surface area contributed by atoms with Gasteiger partial charge in [0.25, 0.3) is 0 Å². The van der Waals surface area contributed by atoms with Crippen molar-refractivity contribution in [3.05, 3.63) is 0 Å². The first kappa shape index (κ1) is 14.3. The van der Waals surface area contributed by atoms with E-state index in [4.69, 9.17) is 4.74 Å². The molecule has 1 heterocycles. The molecule has 1 aliphatic heterocycles. The first-order valence-electron chi connectivity index (χ1n) is 6.28. The van der Waals surface area contributed by atoms with Crippen LogP contribution in [0, 0.1) is 5.41 Å². The third kappa shape index (κ3) is 3.60. The lowest BCUT2D eigenvalue weighted by Gasteiger charge is -2.45. The number of aliphatic hydroxyl groups excluding tert-OH is 1. The molecule has 0 aromatic rings. The van der Waals surface area contributed by atoms with Crippen LogP contribution >= 0.6 is 0 Å². The molecule has 1 fully saturated rings. The molecular formula is C13H25NO3. The van der Waals surface area contributed by atoms with E-state index in [9.17, 15) is 9.90 Å². The number of rotatable bonds is 1. The van der Waals surface area contributed by atoms with Crippen LogP contribution in [0.5, 0.6) is 0 Å². The number of carbonyl (C=O) groups excluding carboxylic acids is 1. The van der Waals surface area contributed by atoms with Crippen LogP contribution < -0.4 is 0 Å². The van der Waals surface area contributed by atoms with Crippen LogP contribution in [0.15, 0.2) is 0 Å². The Hall–Kier alpha value is -0.770. The second-order valence-electron chi connectivity index (χ2n) is 6.46. The van der Waals surface area contributed by atoms with Crippen molar-refractivity contribution in [1.82, 2.24) is 4.90 Å². The maximum atomic E-state index is 12.1. The molecule has 0 aromatic heterocycles. The first-order chi connectivity index (χ1) is 7.67. The Morgan fingerprint density at radius 3 is 2.53 bits per heavy atom. The summed E-state index contributed by atoms with van der Waals surface area (Å²) < 4.78 is 5.38. The van der Waals surface area contributed by atoms with Crippen LogP contribution in [0.3, 0.4) is 0 Å². The number of ether oxygens (including phenoxy) is 1. The van der Waals surface area contributed by atoms with E-state index in [1.807, 2.05) is 20.8 Å². The normalized spacial score (nSPS) is 24.6. The standard InChI is InChI=1S/C13H25NO3/c1-12(2,3)17-11(16)14-8-6-7-13(4,5)10(14)9-15/h10,15H,6-9H2,1-5H3/t10-/m0/s1. The number of carbonyl (C=O) groups is 1. The van der Waals surface area contributed by atoms with Crippen LogP contribution in [0.25, 0.3) is 0 Å². The van der Waals surface area contributed by atoms with E-state index in [-0.39, 0.29) is 24.2 Å². The summed E-state index contributed by atoms with van der Waals surface area (Å²) in [5.41, 5.74) is -0.539. The molecule has 100 valence electrons. The van der Waals surface area contributed by atoms with Crippen molar-refractivity contribution in [2.24, 2.45) is 5.41 Å². The van der Waals surface area contributed by atoms with Gasteiger partial charge in [-0.05, 0) is 39.0 Å². The van der Waals surface area contributed by atoms with E-state index < -0.39 is 5.60 Å². The van der Waals surface area contributed by atoms with Crippen molar-refractivity contribution < 1.29 is 14.6 Å². The monoisotopic (exact) mass is 243 g/mol. The topological polar surface area (TPSA) is 49.8 Å². The summed E-state index contributed by atoms with van der Waals surface area (Å²) in [5, 5.41) is 9.49. The molecule has 17 heavy (non-hydrogen) atoms. The second kappa shape index (κ2) is 4.84. The number of hydrogen-bond acceptors (Lipinski definition) is 3. The van der Waals surface area contributed by atoms with Gasteiger partial charge in [-0.25, -0.2) is 4.79 Å². The Morgan fingerprint density at radius 1 is 1.47 bits per heavy atom. The minimum absolute atomic E-state index is 0.00770. The molecule has 1 atom stereocenters. The summed E-state index contributed by atoms with van der Waals surface area (Å²) >= 11 is 0. The fourth-order valence-corrected chi connectivity index (χ4v) is 2.33. The van der Waals surface area contributed by atoms with E-state index in [2.05, 4.69) is 13.8 Å². The van der Waals surface area contributed by atoms with Gasteiger partial charge in [0.05, 0.1) is 12.6 Å². The number of piperidine rings is 1. The molecule has 4 nitrogen and oxygen atoms in total. The maximum absolute atomic E-state index is 12.1. The summed E-state index contributed by atoms with van der Waals surface area (Å²) in [7, 11) is 0. The number of aliphatic hydroxyl groups is 1. The number of likely N-dealkylation sites (tertiary alicyclic amines) is 1. The van der Waals surface area contributed by atoms with Gasteiger partial charge in [-0.1, -0.05) is 13.8 Å². The van der Waals surface area contributed by atoms with Crippen molar-refractivity contribution in [2.45, 2.75) is 59.1 Å². The van der Waals surface area contributed by atoms with E-state index in [0.29, 0.717) is 6.54 Å². The second-order valence-corrected chi connectivity index (χ2v) is 6.46. The third-order valence-corrected chi connectivity index (χ3v) is 3.30. The van der Waals surface area contributed by atoms with E-state index >= 15 is 0 Å². The van der Waals surface area contributed by atoms with Gasteiger partial charge >= 0.3 is 6.09 Å². The van der Waals surface area contributed by atoms with Gasteiger partial charge < -0.3 is 14.7 Å². The molecule has 0 bridgehead atoms. The predicted octanol–water partition coefficient (Wildman–Crippen LogP) is 2.40. The minimum Gasteiger partial charge on any atom is -0.444 e. The molecular weight excluding hydrogens is 218 g/mol. The Labute approximate surface area is 104 Å². The summed E-state index contributed by atoms with van der Waals surface area (Å²) in [6.07, 6.45) is 1.67. The Balaban J connectivity index is 2.78. The third-order valence-electron chi connectivity index (χ3n) is 3.30. The quantitative estimate of drug-likeness (QED) is 0.769. The Kier molecular flexibility index (Phi) is 4.07. The summed E-state index contributed by atoms with van der Waals surface area (Å²) in [5.74, 6) is 0. The van der Waals surface area contributed by atoms with E-state index in [1.165, 1.54) is 0 Å². The molecule has 0 aliphatic carbocycles. The van der Waals surface area contributed by atoms with E-state index in [1.54, 1.807) is 4.90 Å². The fourth-order valence-electron chi connectivity index (χ4n) is 2.33. The highest BCUT2D eigenvalue weighted by Crippen LogP contribution is 2.35. The fraction of sp³-hybridized carbons (Fsp3) is 0.923.